The fourth-order valence-corrected chi connectivity index (χ4v) is 2.12. The molecule has 0 saturated carbocycles. The zero-order valence-corrected chi connectivity index (χ0v) is 16.3. The molecule has 112 valence electrons. The average molecular weight is 320 g/mol. The Morgan fingerprint density at radius 1 is 1.10 bits per heavy atom. The standard InChI is InChI=1S/C11H17.C5H5.2CH3.Si.Ti/c1-4-9-7-8-10(5-2)11(9)6-3;1-2-4-5-3-1;;;;/h4-7H2,1-3H3;1-3H,4H2;2*1H3;;/q4*-1;;. The maximum absolute atomic E-state index is 3.45. The molecule has 0 aromatic rings. The monoisotopic (exact) mass is 320 g/mol. The minimum absolute atomic E-state index is 0. The molecule has 0 unspecified atom stereocenters. The molecule has 0 aromatic carbocycles. The van der Waals surface area contributed by atoms with Crippen LogP contribution in [0.4, 0.5) is 0 Å². The third-order valence-corrected chi connectivity index (χ3v) is 3.03. The Morgan fingerprint density at radius 2 is 1.75 bits per heavy atom. The first kappa shape index (κ1) is 24.9. The molecule has 0 amide bonds. The van der Waals surface area contributed by atoms with Gasteiger partial charge in [-0.05, 0) is 0 Å². The van der Waals surface area contributed by atoms with Crippen LogP contribution in [0.1, 0.15) is 52.9 Å². The van der Waals surface area contributed by atoms with E-state index in [-0.39, 0.29) is 14.9 Å². The van der Waals surface area contributed by atoms with Crippen LogP contribution in [0.2, 0.25) is 0 Å². The Morgan fingerprint density at radius 3 is 2.05 bits per heavy atom. The van der Waals surface area contributed by atoms with Crippen LogP contribution in [0.3, 0.4) is 0 Å². The maximum atomic E-state index is 3.45. The molecule has 0 atom stereocenters. The Labute approximate surface area is 141 Å². The van der Waals surface area contributed by atoms with E-state index in [9.17, 15) is 0 Å². The minimum atomic E-state index is 0. The number of rotatable bonds is 3. The fourth-order valence-electron chi connectivity index (χ4n) is 2.12. The van der Waals surface area contributed by atoms with Crippen molar-refractivity contribution in [3.63, 3.8) is 0 Å². The summed E-state index contributed by atoms with van der Waals surface area (Å²) in [5.74, 6) is 0. The zero-order valence-electron chi connectivity index (χ0n) is 13.8. The van der Waals surface area contributed by atoms with Crippen molar-refractivity contribution in [2.75, 3.05) is 0 Å². The predicted octanol–water partition coefficient (Wildman–Crippen LogP) is 5.47. The number of hydrogen-bond acceptors (Lipinski definition) is 0. The Balaban J connectivity index is -0.000000274. The SMILES string of the molecule is CCC1=[C-]CC(CC)=C1CC.[C-]1=CC=CC1.[CH3-].[CH3-].[Si]=[Ti]. The summed E-state index contributed by atoms with van der Waals surface area (Å²) in [6, 6.07) is 0. The van der Waals surface area contributed by atoms with Gasteiger partial charge in [0.25, 0.3) is 0 Å². The van der Waals surface area contributed by atoms with Gasteiger partial charge in [0.1, 0.15) is 0 Å². The van der Waals surface area contributed by atoms with Crippen LogP contribution in [0.5, 0.6) is 0 Å². The molecule has 2 aliphatic rings. The second-order valence-electron chi connectivity index (χ2n) is 3.98. The molecule has 0 N–H and O–H groups in total. The molecule has 2 aliphatic carbocycles. The second-order valence-corrected chi connectivity index (χ2v) is 3.98. The predicted molar refractivity (Wildman–Crippen MR) is 89.4 cm³/mol. The topological polar surface area (TPSA) is 0 Å². The van der Waals surface area contributed by atoms with Gasteiger partial charge in [0.2, 0.25) is 0 Å². The molecule has 2 radical (unpaired) electrons. The molecule has 0 spiro atoms. The van der Waals surface area contributed by atoms with Gasteiger partial charge in [-0.3, -0.25) is 12.2 Å². The summed E-state index contributed by atoms with van der Waals surface area (Å²) in [5, 5.41) is 0. The molecule has 0 heterocycles. The van der Waals surface area contributed by atoms with Crippen LogP contribution in [0.25, 0.3) is 0 Å². The van der Waals surface area contributed by atoms with E-state index in [1.807, 2.05) is 12.2 Å². The van der Waals surface area contributed by atoms with Crippen molar-refractivity contribution < 1.29 is 19.2 Å². The summed E-state index contributed by atoms with van der Waals surface area (Å²) in [6.45, 7) is 6.70. The van der Waals surface area contributed by atoms with Crippen molar-refractivity contribution in [1.82, 2.24) is 0 Å². The first-order chi connectivity index (χ1) is 8.83. The van der Waals surface area contributed by atoms with Gasteiger partial charge in [-0.2, -0.15) is 17.2 Å². The molecular weight excluding hydrogens is 292 g/mol. The first-order valence-corrected chi connectivity index (χ1v) is 9.45. The van der Waals surface area contributed by atoms with E-state index in [1.165, 1.54) is 18.4 Å². The van der Waals surface area contributed by atoms with E-state index in [0.717, 1.165) is 19.3 Å². The van der Waals surface area contributed by atoms with Crippen molar-refractivity contribution in [3.8, 4) is 0 Å². The third kappa shape index (κ3) is 8.94. The van der Waals surface area contributed by atoms with Crippen LogP contribution >= 0.6 is 0 Å². The van der Waals surface area contributed by atoms with E-state index in [0.29, 0.717) is 0 Å². The van der Waals surface area contributed by atoms with Gasteiger partial charge in [-0.25, -0.2) is 17.7 Å². The van der Waals surface area contributed by atoms with Crippen LogP contribution in [-0.2, 0) is 19.2 Å². The summed E-state index contributed by atoms with van der Waals surface area (Å²) in [7, 11) is 2.97. The van der Waals surface area contributed by atoms with E-state index < -0.39 is 0 Å². The Hall–Kier alpha value is -0.109. The van der Waals surface area contributed by atoms with E-state index in [1.54, 1.807) is 30.3 Å². The fraction of sp³-hybridized carbons (Fsp3) is 0.444. The molecule has 0 bridgehead atoms. The van der Waals surface area contributed by atoms with Gasteiger partial charge >= 0.3 is 26.8 Å². The molecule has 0 fully saturated rings. The normalized spacial score (nSPS) is 14.2. The van der Waals surface area contributed by atoms with Crippen molar-refractivity contribution in [3.05, 3.63) is 62.0 Å². The molecular formula is C18H28SiTi-4. The summed E-state index contributed by atoms with van der Waals surface area (Å²) in [5.41, 5.74) is 4.68. The van der Waals surface area contributed by atoms with Crippen molar-refractivity contribution in [2.45, 2.75) is 52.9 Å². The van der Waals surface area contributed by atoms with E-state index in [2.05, 4.69) is 46.6 Å². The van der Waals surface area contributed by atoms with Crippen LogP contribution < -0.4 is 0 Å². The molecule has 2 heteroatoms. The molecule has 0 nitrogen and oxygen atoms in total. The number of hydrogen-bond donors (Lipinski definition) is 0. The van der Waals surface area contributed by atoms with Gasteiger partial charge in [-0.15, -0.1) is 12.8 Å². The van der Waals surface area contributed by atoms with Crippen molar-refractivity contribution >= 4 is 7.63 Å². The molecule has 0 saturated heterocycles. The molecule has 2 rings (SSSR count). The molecule has 0 aromatic heterocycles. The van der Waals surface area contributed by atoms with Crippen molar-refractivity contribution in [1.29, 1.82) is 0 Å². The van der Waals surface area contributed by atoms with E-state index in [4.69, 9.17) is 0 Å². The molecule has 0 aliphatic heterocycles. The van der Waals surface area contributed by atoms with Crippen molar-refractivity contribution in [2.24, 2.45) is 0 Å². The number of allylic oxidation sites excluding steroid dienone is 8. The van der Waals surface area contributed by atoms with Gasteiger partial charge in [0.15, 0.2) is 0 Å². The summed E-state index contributed by atoms with van der Waals surface area (Å²) < 4.78 is 0. The van der Waals surface area contributed by atoms with E-state index >= 15 is 0 Å². The van der Waals surface area contributed by atoms with Crippen LogP contribution in [0, 0.1) is 27.0 Å². The zero-order chi connectivity index (χ0) is 13.8. The van der Waals surface area contributed by atoms with Gasteiger partial charge in [0, 0.05) is 0 Å². The summed E-state index contributed by atoms with van der Waals surface area (Å²) in [6.07, 6.45) is 18.1. The Kier molecular flexibility index (Phi) is 21.1. The van der Waals surface area contributed by atoms with Gasteiger partial charge in [0.05, 0.1) is 0 Å². The molecule has 20 heavy (non-hydrogen) atoms. The summed E-state index contributed by atoms with van der Waals surface area (Å²) >= 11 is 1.81. The van der Waals surface area contributed by atoms with Gasteiger partial charge < -0.3 is 14.9 Å². The quantitative estimate of drug-likeness (QED) is 0.478. The average Bonchev–Trinajstić information content (AvgIpc) is 3.12. The summed E-state index contributed by atoms with van der Waals surface area (Å²) in [4.78, 5) is 0. The third-order valence-electron chi connectivity index (χ3n) is 3.03. The van der Waals surface area contributed by atoms with Gasteiger partial charge in [-0.1, -0.05) is 40.0 Å². The van der Waals surface area contributed by atoms with Crippen LogP contribution in [-0.4, -0.2) is 7.63 Å². The van der Waals surface area contributed by atoms with Crippen LogP contribution in [0.15, 0.2) is 34.9 Å². The first-order valence-electron chi connectivity index (χ1n) is 6.61. The Bertz CT molecular complexity index is 338. The second kappa shape index (κ2) is 16.9.